The van der Waals surface area contributed by atoms with E-state index in [0.29, 0.717) is 6.42 Å². The summed E-state index contributed by atoms with van der Waals surface area (Å²) in [6, 6.07) is 5.64. The van der Waals surface area contributed by atoms with Gasteiger partial charge in [0.1, 0.15) is 5.82 Å². The van der Waals surface area contributed by atoms with Gasteiger partial charge >= 0.3 is 0 Å². The van der Waals surface area contributed by atoms with Crippen LogP contribution in [0.5, 0.6) is 0 Å². The lowest BCUT2D eigenvalue weighted by atomic mass is 10.0. The lowest BCUT2D eigenvalue weighted by Crippen LogP contribution is -2.42. The molecule has 2 N–H and O–H groups in total. The molecule has 106 valence electrons. The van der Waals surface area contributed by atoms with Gasteiger partial charge in [-0.3, -0.25) is 4.79 Å². The van der Waals surface area contributed by atoms with Crippen LogP contribution in [0.1, 0.15) is 44.7 Å². The molecule has 0 aliphatic heterocycles. The predicted molar refractivity (Wildman–Crippen MR) is 75.1 cm³/mol. The Bertz CT molecular complexity index is 405. The van der Waals surface area contributed by atoms with E-state index in [0.717, 1.165) is 18.4 Å². The first-order valence-electron chi connectivity index (χ1n) is 6.75. The molecule has 0 saturated heterocycles. The van der Waals surface area contributed by atoms with E-state index in [4.69, 9.17) is 5.73 Å². The van der Waals surface area contributed by atoms with Crippen molar-refractivity contribution in [1.29, 1.82) is 0 Å². The molecule has 0 bridgehead atoms. The number of amides is 1. The van der Waals surface area contributed by atoms with Crippen molar-refractivity contribution in [2.45, 2.75) is 45.2 Å². The Hall–Kier alpha value is -1.42. The fourth-order valence-corrected chi connectivity index (χ4v) is 1.96. The Morgan fingerprint density at radius 1 is 1.37 bits per heavy atom. The van der Waals surface area contributed by atoms with Gasteiger partial charge in [-0.05, 0) is 31.0 Å². The van der Waals surface area contributed by atoms with E-state index >= 15 is 0 Å². The van der Waals surface area contributed by atoms with Crippen LogP contribution in [0.2, 0.25) is 0 Å². The number of rotatable bonds is 6. The molecule has 0 aromatic heterocycles. The number of hydrogen-bond acceptors (Lipinski definition) is 2. The molecule has 0 radical (unpaired) electrons. The monoisotopic (exact) mass is 266 g/mol. The van der Waals surface area contributed by atoms with Crippen LogP contribution < -0.4 is 5.73 Å². The van der Waals surface area contributed by atoms with Gasteiger partial charge in [-0.25, -0.2) is 4.39 Å². The first-order chi connectivity index (χ1) is 8.97. The van der Waals surface area contributed by atoms with Gasteiger partial charge in [0, 0.05) is 7.05 Å². The molecule has 19 heavy (non-hydrogen) atoms. The van der Waals surface area contributed by atoms with Crippen molar-refractivity contribution in [3.05, 3.63) is 35.6 Å². The number of carbonyl (C=O) groups is 1. The van der Waals surface area contributed by atoms with E-state index in [1.54, 1.807) is 24.1 Å². The summed E-state index contributed by atoms with van der Waals surface area (Å²) in [4.78, 5) is 13.8. The molecule has 0 fully saturated rings. The van der Waals surface area contributed by atoms with E-state index in [1.807, 2.05) is 6.92 Å². The van der Waals surface area contributed by atoms with Crippen molar-refractivity contribution in [3.63, 3.8) is 0 Å². The van der Waals surface area contributed by atoms with Crippen molar-refractivity contribution in [2.24, 2.45) is 5.73 Å². The first-order valence-corrected chi connectivity index (χ1v) is 6.75. The highest BCUT2D eigenvalue weighted by Crippen LogP contribution is 2.20. The molecule has 2 atom stereocenters. The molecule has 0 aliphatic carbocycles. The maximum Gasteiger partial charge on any atom is 0.239 e. The minimum absolute atomic E-state index is 0.0646. The second kappa shape index (κ2) is 7.24. The number of nitrogens with two attached hydrogens (primary N) is 1. The smallest absolute Gasteiger partial charge is 0.239 e. The van der Waals surface area contributed by atoms with Crippen LogP contribution in [0, 0.1) is 5.82 Å². The molecular formula is C15H23FN2O. The summed E-state index contributed by atoms with van der Waals surface area (Å²) in [6.07, 6.45) is 2.68. The van der Waals surface area contributed by atoms with Crippen molar-refractivity contribution in [1.82, 2.24) is 4.90 Å². The zero-order valence-electron chi connectivity index (χ0n) is 11.9. The summed E-state index contributed by atoms with van der Waals surface area (Å²) >= 11 is 0. The van der Waals surface area contributed by atoms with E-state index in [-0.39, 0.29) is 17.8 Å². The largest absolute Gasteiger partial charge is 0.338 e. The highest BCUT2D eigenvalue weighted by Gasteiger charge is 2.22. The van der Waals surface area contributed by atoms with Crippen molar-refractivity contribution < 1.29 is 9.18 Å². The third-order valence-electron chi connectivity index (χ3n) is 3.47. The van der Waals surface area contributed by atoms with Gasteiger partial charge < -0.3 is 10.6 Å². The molecule has 3 nitrogen and oxygen atoms in total. The summed E-state index contributed by atoms with van der Waals surface area (Å²) < 4.78 is 12.9. The van der Waals surface area contributed by atoms with Gasteiger partial charge in [-0.15, -0.1) is 0 Å². The fraction of sp³-hybridized carbons (Fsp3) is 0.533. The van der Waals surface area contributed by atoms with Gasteiger partial charge in [0.25, 0.3) is 0 Å². The number of halogens is 1. The summed E-state index contributed by atoms with van der Waals surface area (Å²) in [7, 11) is 1.74. The van der Waals surface area contributed by atoms with Crippen LogP contribution >= 0.6 is 0 Å². The molecule has 0 aliphatic rings. The van der Waals surface area contributed by atoms with Crippen LogP contribution in [0.25, 0.3) is 0 Å². The quantitative estimate of drug-likeness (QED) is 0.860. The van der Waals surface area contributed by atoms with Crippen molar-refractivity contribution in [2.75, 3.05) is 7.05 Å². The zero-order valence-corrected chi connectivity index (χ0v) is 11.9. The molecule has 0 spiro atoms. The maximum atomic E-state index is 12.9. The SMILES string of the molecule is CCCC[C@H](N)C(=O)N(C)C(C)c1ccc(F)cc1. The molecular weight excluding hydrogens is 243 g/mol. The Labute approximate surface area is 114 Å². The fourth-order valence-electron chi connectivity index (χ4n) is 1.96. The van der Waals surface area contributed by atoms with Gasteiger partial charge in [0.05, 0.1) is 12.1 Å². The number of unbranched alkanes of at least 4 members (excludes halogenated alkanes) is 1. The molecule has 1 rings (SSSR count). The minimum atomic E-state index is -0.451. The minimum Gasteiger partial charge on any atom is -0.338 e. The lowest BCUT2D eigenvalue weighted by molar-refractivity contribution is -0.133. The average molecular weight is 266 g/mol. The van der Waals surface area contributed by atoms with Gasteiger partial charge in [0.2, 0.25) is 5.91 Å². The molecule has 1 aromatic rings. The molecule has 0 saturated carbocycles. The Balaban J connectivity index is 2.67. The van der Waals surface area contributed by atoms with Gasteiger partial charge in [-0.2, -0.15) is 0 Å². The second-order valence-corrected chi connectivity index (χ2v) is 4.93. The number of benzene rings is 1. The molecule has 1 aromatic carbocycles. The van der Waals surface area contributed by atoms with E-state index in [9.17, 15) is 9.18 Å². The average Bonchev–Trinajstić information content (AvgIpc) is 2.43. The topological polar surface area (TPSA) is 46.3 Å². The first kappa shape index (κ1) is 15.6. The Morgan fingerprint density at radius 3 is 2.47 bits per heavy atom. The van der Waals surface area contributed by atoms with Crippen LogP contribution in [0.3, 0.4) is 0 Å². The maximum absolute atomic E-state index is 12.9. The number of hydrogen-bond donors (Lipinski definition) is 1. The van der Waals surface area contributed by atoms with Crippen LogP contribution in [0.15, 0.2) is 24.3 Å². The van der Waals surface area contributed by atoms with Crippen molar-refractivity contribution >= 4 is 5.91 Å². The zero-order chi connectivity index (χ0) is 14.4. The number of likely N-dealkylation sites (N-methyl/N-ethyl adjacent to an activating group) is 1. The van der Waals surface area contributed by atoms with E-state index in [1.165, 1.54) is 12.1 Å². The summed E-state index contributed by atoms with van der Waals surface area (Å²) in [5, 5.41) is 0. The molecule has 4 heteroatoms. The highest BCUT2D eigenvalue weighted by atomic mass is 19.1. The second-order valence-electron chi connectivity index (χ2n) is 4.93. The van der Waals surface area contributed by atoms with Crippen molar-refractivity contribution in [3.8, 4) is 0 Å². The summed E-state index contributed by atoms with van der Waals surface area (Å²) in [5.74, 6) is -0.338. The van der Waals surface area contributed by atoms with Crippen LogP contribution in [-0.2, 0) is 4.79 Å². The number of nitrogens with zero attached hydrogens (tertiary/aromatic N) is 1. The summed E-state index contributed by atoms with van der Waals surface area (Å²) in [6.45, 7) is 3.99. The standard InChI is InChI=1S/C15H23FN2O/c1-4-5-6-14(17)15(19)18(3)11(2)12-7-9-13(16)10-8-12/h7-11,14H,4-6,17H2,1-3H3/t11?,14-/m0/s1. The van der Waals surface area contributed by atoms with Gasteiger partial charge in [-0.1, -0.05) is 31.9 Å². The van der Waals surface area contributed by atoms with Crippen LogP contribution in [-0.4, -0.2) is 23.9 Å². The van der Waals surface area contributed by atoms with E-state index < -0.39 is 6.04 Å². The Morgan fingerprint density at radius 2 is 1.95 bits per heavy atom. The third-order valence-corrected chi connectivity index (χ3v) is 3.47. The lowest BCUT2D eigenvalue weighted by Gasteiger charge is -2.28. The summed E-state index contributed by atoms with van der Waals surface area (Å²) in [5.41, 5.74) is 6.80. The molecule has 1 amide bonds. The van der Waals surface area contributed by atoms with E-state index in [2.05, 4.69) is 6.92 Å². The normalized spacial score (nSPS) is 13.9. The highest BCUT2D eigenvalue weighted by molar-refractivity contribution is 5.81. The number of carbonyl (C=O) groups excluding carboxylic acids is 1. The third kappa shape index (κ3) is 4.31. The molecule has 0 heterocycles. The molecule has 1 unspecified atom stereocenters. The Kier molecular flexibility index (Phi) is 5.96. The van der Waals surface area contributed by atoms with Gasteiger partial charge in [0.15, 0.2) is 0 Å². The predicted octanol–water partition coefficient (Wildman–Crippen LogP) is 2.86. The van der Waals surface area contributed by atoms with Crippen LogP contribution in [0.4, 0.5) is 4.39 Å².